The number of benzene rings is 1. The first-order valence-electron chi connectivity index (χ1n) is 11.7. The van der Waals surface area contributed by atoms with Gasteiger partial charge in [0, 0.05) is 25.8 Å². The molecule has 1 N–H and O–H groups in total. The van der Waals surface area contributed by atoms with Gasteiger partial charge in [-0.1, -0.05) is 0 Å². The molecule has 3 aliphatic rings. The van der Waals surface area contributed by atoms with Gasteiger partial charge in [0.1, 0.15) is 18.5 Å². The van der Waals surface area contributed by atoms with Crippen LogP contribution in [-0.2, 0) is 19.6 Å². The van der Waals surface area contributed by atoms with E-state index in [-0.39, 0.29) is 42.4 Å². The van der Waals surface area contributed by atoms with Crippen LogP contribution in [0.1, 0.15) is 55.8 Å². The third kappa shape index (κ3) is 5.43. The average molecular weight is 480 g/mol. The molecule has 0 bridgehead atoms. The number of likely N-dealkylation sites (N-methyl/N-ethyl adjacent to an activating group) is 1. The topological polar surface area (TPSA) is 105 Å². The molecule has 182 valence electrons. The number of piperidine rings is 1. The second-order valence-corrected chi connectivity index (χ2v) is 11.0. The monoisotopic (exact) mass is 479 g/mol. The maximum absolute atomic E-state index is 13.2. The van der Waals surface area contributed by atoms with E-state index in [9.17, 15) is 18.0 Å². The standard InChI is InChI=1S/C23H33N3O6S/c1-3-33(29,30)24-16-7-10-20-18(13-16)23(28)25(2)19-9-8-17(32-21(19)15-31-20)14-22(27)26-11-5-4-6-12-26/h7,10,13,17,19,21,24H,3-6,8-9,11-12,14-15H2,1-2H3/t17-,19+,21-/m0/s1. The lowest BCUT2D eigenvalue weighted by atomic mass is 9.94. The summed E-state index contributed by atoms with van der Waals surface area (Å²) in [7, 11) is -1.72. The number of fused-ring (bicyclic) bond motifs is 2. The van der Waals surface area contributed by atoms with Crippen LogP contribution in [0.3, 0.4) is 0 Å². The van der Waals surface area contributed by atoms with Crippen LogP contribution in [0.2, 0.25) is 0 Å². The molecule has 2 saturated heterocycles. The number of sulfonamides is 1. The van der Waals surface area contributed by atoms with E-state index in [0.29, 0.717) is 36.3 Å². The molecule has 9 nitrogen and oxygen atoms in total. The molecule has 3 aliphatic heterocycles. The molecule has 33 heavy (non-hydrogen) atoms. The van der Waals surface area contributed by atoms with Crippen LogP contribution >= 0.6 is 0 Å². The lowest BCUT2D eigenvalue weighted by Crippen LogP contribution is -2.54. The highest BCUT2D eigenvalue weighted by Gasteiger charge is 2.39. The summed E-state index contributed by atoms with van der Waals surface area (Å²) in [6.07, 6.45) is 4.55. The molecule has 0 radical (unpaired) electrons. The zero-order chi connectivity index (χ0) is 23.6. The number of anilines is 1. The highest BCUT2D eigenvalue weighted by molar-refractivity contribution is 7.92. The maximum Gasteiger partial charge on any atom is 0.257 e. The Bertz CT molecular complexity index is 992. The van der Waals surface area contributed by atoms with E-state index in [1.165, 1.54) is 12.5 Å². The van der Waals surface area contributed by atoms with Gasteiger partial charge in [-0.2, -0.15) is 0 Å². The second kappa shape index (κ2) is 9.89. The Labute approximate surface area is 195 Å². The summed E-state index contributed by atoms with van der Waals surface area (Å²) in [6.45, 7) is 3.45. The van der Waals surface area contributed by atoms with E-state index in [2.05, 4.69) is 4.72 Å². The third-order valence-corrected chi connectivity index (χ3v) is 8.08. The van der Waals surface area contributed by atoms with Crippen molar-refractivity contribution in [3.63, 3.8) is 0 Å². The van der Waals surface area contributed by atoms with Crippen molar-refractivity contribution in [2.45, 2.75) is 63.7 Å². The summed E-state index contributed by atoms with van der Waals surface area (Å²) in [6, 6.07) is 4.53. The first-order chi connectivity index (χ1) is 15.8. The van der Waals surface area contributed by atoms with E-state index in [0.717, 1.165) is 25.9 Å². The molecular formula is C23H33N3O6S. The highest BCUT2D eigenvalue weighted by atomic mass is 32.2. The van der Waals surface area contributed by atoms with E-state index in [1.807, 2.05) is 4.90 Å². The van der Waals surface area contributed by atoms with Crippen molar-refractivity contribution in [2.75, 3.05) is 37.2 Å². The van der Waals surface area contributed by atoms with Gasteiger partial charge in [0.25, 0.3) is 5.91 Å². The van der Waals surface area contributed by atoms with Crippen molar-refractivity contribution in [3.8, 4) is 5.75 Å². The molecule has 1 aromatic rings. The number of amides is 2. The fourth-order valence-corrected chi connectivity index (χ4v) is 5.44. The quantitative estimate of drug-likeness (QED) is 0.694. The predicted molar refractivity (Wildman–Crippen MR) is 124 cm³/mol. The molecule has 0 saturated carbocycles. The average Bonchev–Trinajstić information content (AvgIpc) is 2.82. The van der Waals surface area contributed by atoms with E-state index in [1.54, 1.807) is 31.0 Å². The minimum Gasteiger partial charge on any atom is -0.490 e. The number of ether oxygens (including phenoxy) is 2. The molecule has 3 atom stereocenters. The van der Waals surface area contributed by atoms with Gasteiger partial charge >= 0.3 is 0 Å². The van der Waals surface area contributed by atoms with Crippen LogP contribution in [0, 0.1) is 0 Å². The number of hydrogen-bond acceptors (Lipinski definition) is 6. The number of likely N-dealkylation sites (tertiary alicyclic amines) is 1. The van der Waals surface area contributed by atoms with Crippen molar-refractivity contribution in [3.05, 3.63) is 23.8 Å². The zero-order valence-corrected chi connectivity index (χ0v) is 20.1. The zero-order valence-electron chi connectivity index (χ0n) is 19.3. The lowest BCUT2D eigenvalue weighted by Gasteiger charge is -2.42. The smallest absolute Gasteiger partial charge is 0.257 e. The summed E-state index contributed by atoms with van der Waals surface area (Å²) in [5.74, 6) is 0.224. The highest BCUT2D eigenvalue weighted by Crippen LogP contribution is 2.33. The minimum absolute atomic E-state index is 0.0586. The molecule has 3 heterocycles. The Morgan fingerprint density at radius 2 is 1.94 bits per heavy atom. The van der Waals surface area contributed by atoms with Crippen LogP contribution in [0.15, 0.2) is 18.2 Å². The summed E-state index contributed by atoms with van der Waals surface area (Å²) < 4.78 is 38.5. The van der Waals surface area contributed by atoms with Gasteiger partial charge in [-0.05, 0) is 57.2 Å². The number of nitrogens with one attached hydrogen (secondary N) is 1. The number of carbonyl (C=O) groups excluding carboxylic acids is 2. The minimum atomic E-state index is -3.46. The third-order valence-electron chi connectivity index (χ3n) is 6.78. The van der Waals surface area contributed by atoms with E-state index in [4.69, 9.17) is 9.47 Å². The molecule has 2 fully saturated rings. The molecule has 0 aliphatic carbocycles. The van der Waals surface area contributed by atoms with Gasteiger partial charge in [0.2, 0.25) is 15.9 Å². The van der Waals surface area contributed by atoms with Gasteiger partial charge in [-0.3, -0.25) is 14.3 Å². The number of nitrogens with zero attached hydrogens (tertiary/aromatic N) is 2. The molecule has 2 amide bonds. The van der Waals surface area contributed by atoms with Crippen molar-refractivity contribution >= 4 is 27.5 Å². The molecule has 4 rings (SSSR count). The van der Waals surface area contributed by atoms with Crippen molar-refractivity contribution in [1.82, 2.24) is 9.80 Å². The number of rotatable bonds is 5. The van der Waals surface area contributed by atoms with E-state index < -0.39 is 10.0 Å². The molecule has 0 spiro atoms. The molecule has 0 aromatic heterocycles. The summed E-state index contributed by atoms with van der Waals surface area (Å²) in [4.78, 5) is 29.5. The Kier molecular flexibility index (Phi) is 7.13. The maximum atomic E-state index is 13.2. The fourth-order valence-electron chi connectivity index (χ4n) is 4.81. The normalized spacial score (nSPS) is 25.9. The Morgan fingerprint density at radius 1 is 1.18 bits per heavy atom. The van der Waals surface area contributed by atoms with E-state index >= 15 is 0 Å². The summed E-state index contributed by atoms with van der Waals surface area (Å²) in [5, 5.41) is 0. The Hall–Kier alpha value is -2.33. The largest absolute Gasteiger partial charge is 0.490 e. The van der Waals surface area contributed by atoms with Crippen LogP contribution in [0.25, 0.3) is 0 Å². The number of carbonyl (C=O) groups is 2. The van der Waals surface area contributed by atoms with Crippen LogP contribution in [0.5, 0.6) is 5.75 Å². The molecule has 1 aromatic carbocycles. The van der Waals surface area contributed by atoms with Gasteiger partial charge < -0.3 is 19.3 Å². The summed E-state index contributed by atoms with van der Waals surface area (Å²) >= 11 is 0. The van der Waals surface area contributed by atoms with Crippen LogP contribution in [-0.4, -0.2) is 80.8 Å². The Morgan fingerprint density at radius 3 is 2.67 bits per heavy atom. The lowest BCUT2D eigenvalue weighted by molar-refractivity contribution is -0.143. The number of hydrogen-bond donors (Lipinski definition) is 1. The van der Waals surface area contributed by atoms with Gasteiger partial charge in [0.15, 0.2) is 0 Å². The van der Waals surface area contributed by atoms with Crippen molar-refractivity contribution in [2.24, 2.45) is 0 Å². The van der Waals surface area contributed by atoms with Gasteiger partial charge in [0.05, 0.1) is 29.9 Å². The predicted octanol–water partition coefficient (Wildman–Crippen LogP) is 2.23. The Balaban J connectivity index is 1.46. The molecule has 10 heteroatoms. The molecule has 0 unspecified atom stereocenters. The van der Waals surface area contributed by atoms with Crippen LogP contribution in [0.4, 0.5) is 5.69 Å². The van der Waals surface area contributed by atoms with Crippen LogP contribution < -0.4 is 9.46 Å². The fraction of sp³-hybridized carbons (Fsp3) is 0.652. The summed E-state index contributed by atoms with van der Waals surface area (Å²) in [5.41, 5.74) is 0.643. The first-order valence-corrected chi connectivity index (χ1v) is 13.4. The molecular weight excluding hydrogens is 446 g/mol. The first kappa shape index (κ1) is 23.8. The van der Waals surface area contributed by atoms with Crippen molar-refractivity contribution < 1.29 is 27.5 Å². The van der Waals surface area contributed by atoms with Gasteiger partial charge in [-0.25, -0.2) is 8.42 Å². The van der Waals surface area contributed by atoms with Gasteiger partial charge in [-0.15, -0.1) is 0 Å². The van der Waals surface area contributed by atoms with Crippen molar-refractivity contribution in [1.29, 1.82) is 0 Å². The second-order valence-electron chi connectivity index (χ2n) is 9.03. The SMILES string of the molecule is CCS(=O)(=O)Nc1ccc2c(c1)C(=O)N(C)[C@@H]1CC[C@@H](CC(=O)N3CCCCC3)O[C@H]1CO2.